The van der Waals surface area contributed by atoms with Crippen LogP contribution in [0.25, 0.3) is 10.9 Å². The maximum atomic E-state index is 11.9. The Balaban J connectivity index is 0.00000147. The SMILES string of the molecule is CC(C)n1ncc2ccc(NC(=O)C3(N)CC3)cc21.Cl. The van der Waals surface area contributed by atoms with Crippen LogP contribution in [0.15, 0.2) is 24.4 Å². The molecule has 3 rings (SSSR count). The minimum atomic E-state index is -0.646. The molecule has 1 amide bonds. The van der Waals surface area contributed by atoms with E-state index in [1.807, 2.05) is 29.1 Å². The summed E-state index contributed by atoms with van der Waals surface area (Å²) in [5.41, 5.74) is 7.03. The summed E-state index contributed by atoms with van der Waals surface area (Å²) in [7, 11) is 0. The molecule has 0 aliphatic heterocycles. The molecular formula is C14H19ClN4O. The number of benzene rings is 1. The normalized spacial score (nSPS) is 16.0. The Morgan fingerprint density at radius 2 is 2.15 bits per heavy atom. The number of hydrogen-bond donors (Lipinski definition) is 2. The molecule has 1 aromatic heterocycles. The smallest absolute Gasteiger partial charge is 0.244 e. The van der Waals surface area contributed by atoms with E-state index in [1.54, 1.807) is 0 Å². The average Bonchev–Trinajstić information content (AvgIpc) is 2.98. The van der Waals surface area contributed by atoms with Crippen molar-refractivity contribution in [2.75, 3.05) is 5.32 Å². The maximum absolute atomic E-state index is 11.9. The zero-order valence-electron chi connectivity index (χ0n) is 11.6. The number of fused-ring (bicyclic) bond motifs is 1. The van der Waals surface area contributed by atoms with Crippen LogP contribution in [-0.2, 0) is 4.79 Å². The lowest BCUT2D eigenvalue weighted by Gasteiger charge is -2.11. The minimum absolute atomic E-state index is 0. The van der Waals surface area contributed by atoms with Crippen LogP contribution in [0.2, 0.25) is 0 Å². The summed E-state index contributed by atoms with van der Waals surface area (Å²) in [6, 6.07) is 6.09. The number of nitrogens with two attached hydrogens (primary N) is 1. The fourth-order valence-electron chi connectivity index (χ4n) is 2.14. The number of hydrogen-bond acceptors (Lipinski definition) is 3. The van der Waals surface area contributed by atoms with Gasteiger partial charge < -0.3 is 11.1 Å². The Hall–Kier alpha value is -1.59. The molecule has 1 heterocycles. The van der Waals surface area contributed by atoms with Crippen LogP contribution >= 0.6 is 12.4 Å². The second-order valence-electron chi connectivity index (χ2n) is 5.57. The first kappa shape index (κ1) is 14.8. The van der Waals surface area contributed by atoms with Crippen molar-refractivity contribution in [3.8, 4) is 0 Å². The second-order valence-corrected chi connectivity index (χ2v) is 5.57. The molecule has 0 bridgehead atoms. The van der Waals surface area contributed by atoms with E-state index in [9.17, 15) is 4.79 Å². The molecule has 2 aromatic rings. The molecule has 20 heavy (non-hydrogen) atoms. The zero-order valence-corrected chi connectivity index (χ0v) is 12.4. The van der Waals surface area contributed by atoms with E-state index in [-0.39, 0.29) is 24.4 Å². The fourth-order valence-corrected chi connectivity index (χ4v) is 2.14. The van der Waals surface area contributed by atoms with Crippen LogP contribution in [0, 0.1) is 0 Å². The minimum Gasteiger partial charge on any atom is -0.324 e. The van der Waals surface area contributed by atoms with Gasteiger partial charge in [0.2, 0.25) is 5.91 Å². The first-order valence-electron chi connectivity index (χ1n) is 6.57. The van der Waals surface area contributed by atoms with Crippen LogP contribution in [0.4, 0.5) is 5.69 Å². The highest BCUT2D eigenvalue weighted by atomic mass is 35.5. The summed E-state index contributed by atoms with van der Waals surface area (Å²) >= 11 is 0. The molecule has 0 atom stereocenters. The number of aromatic nitrogens is 2. The van der Waals surface area contributed by atoms with Gasteiger partial charge in [0, 0.05) is 17.1 Å². The molecule has 1 aliphatic carbocycles. The first-order valence-corrected chi connectivity index (χ1v) is 6.57. The van der Waals surface area contributed by atoms with Crippen molar-refractivity contribution in [3.05, 3.63) is 24.4 Å². The predicted molar refractivity (Wildman–Crippen MR) is 82.1 cm³/mol. The standard InChI is InChI=1S/C14H18N4O.ClH/c1-9(2)18-12-7-11(4-3-10(12)8-16-18)17-13(19)14(15)5-6-14;/h3-4,7-9H,5-6,15H2,1-2H3,(H,17,19);1H. The molecule has 108 valence electrons. The number of carbonyl (C=O) groups is 1. The molecule has 1 saturated carbocycles. The van der Waals surface area contributed by atoms with Crippen LogP contribution < -0.4 is 11.1 Å². The quantitative estimate of drug-likeness (QED) is 0.913. The van der Waals surface area contributed by atoms with E-state index in [0.29, 0.717) is 0 Å². The lowest BCUT2D eigenvalue weighted by molar-refractivity contribution is -0.118. The Bertz CT molecular complexity index is 646. The van der Waals surface area contributed by atoms with Crippen molar-refractivity contribution in [1.82, 2.24) is 9.78 Å². The van der Waals surface area contributed by atoms with Gasteiger partial charge in [-0.25, -0.2) is 0 Å². The third-order valence-electron chi connectivity index (χ3n) is 3.59. The van der Waals surface area contributed by atoms with Gasteiger partial charge in [0.05, 0.1) is 17.3 Å². The lowest BCUT2D eigenvalue weighted by atomic mass is 10.2. The molecule has 1 aliphatic rings. The third kappa shape index (κ3) is 2.51. The number of nitrogens with one attached hydrogen (secondary N) is 1. The zero-order chi connectivity index (χ0) is 13.6. The van der Waals surface area contributed by atoms with Gasteiger partial charge in [0.15, 0.2) is 0 Å². The van der Waals surface area contributed by atoms with Gasteiger partial charge in [-0.15, -0.1) is 12.4 Å². The molecular weight excluding hydrogens is 276 g/mol. The summed E-state index contributed by atoms with van der Waals surface area (Å²) in [6.45, 7) is 4.16. The summed E-state index contributed by atoms with van der Waals surface area (Å²) < 4.78 is 1.94. The largest absolute Gasteiger partial charge is 0.324 e. The molecule has 0 spiro atoms. The number of nitrogens with zero attached hydrogens (tertiary/aromatic N) is 2. The van der Waals surface area contributed by atoms with Gasteiger partial charge in [0.25, 0.3) is 0 Å². The third-order valence-corrected chi connectivity index (χ3v) is 3.59. The Labute approximate surface area is 123 Å². The summed E-state index contributed by atoms with van der Waals surface area (Å²) in [6.07, 6.45) is 3.38. The van der Waals surface area contributed by atoms with Crippen molar-refractivity contribution >= 4 is 34.9 Å². The summed E-state index contributed by atoms with van der Waals surface area (Å²) in [5, 5.41) is 8.31. The van der Waals surface area contributed by atoms with Gasteiger partial charge in [-0.3, -0.25) is 9.48 Å². The molecule has 0 radical (unpaired) electrons. The highest BCUT2D eigenvalue weighted by molar-refractivity contribution is 6.01. The van der Waals surface area contributed by atoms with Gasteiger partial charge in [-0.1, -0.05) is 0 Å². The second kappa shape index (κ2) is 5.07. The highest BCUT2D eigenvalue weighted by Crippen LogP contribution is 2.33. The van der Waals surface area contributed by atoms with Crippen LogP contribution in [-0.4, -0.2) is 21.2 Å². The number of rotatable bonds is 3. The van der Waals surface area contributed by atoms with Crippen LogP contribution in [0.1, 0.15) is 32.7 Å². The first-order chi connectivity index (χ1) is 8.99. The Morgan fingerprint density at radius 3 is 2.75 bits per heavy atom. The van der Waals surface area contributed by atoms with Gasteiger partial charge in [0.1, 0.15) is 0 Å². The monoisotopic (exact) mass is 294 g/mol. The van der Waals surface area contributed by atoms with E-state index in [4.69, 9.17) is 5.73 Å². The van der Waals surface area contributed by atoms with Crippen molar-refractivity contribution < 1.29 is 4.79 Å². The van der Waals surface area contributed by atoms with Crippen molar-refractivity contribution in [3.63, 3.8) is 0 Å². The molecule has 0 saturated heterocycles. The van der Waals surface area contributed by atoms with E-state index in [2.05, 4.69) is 24.3 Å². The average molecular weight is 295 g/mol. The number of anilines is 1. The van der Waals surface area contributed by atoms with E-state index < -0.39 is 5.54 Å². The molecule has 1 aromatic carbocycles. The van der Waals surface area contributed by atoms with Crippen molar-refractivity contribution in [2.45, 2.75) is 38.3 Å². The van der Waals surface area contributed by atoms with E-state index in [1.165, 1.54) is 0 Å². The molecule has 1 fully saturated rings. The molecule has 5 nitrogen and oxygen atoms in total. The molecule has 3 N–H and O–H groups in total. The summed E-state index contributed by atoms with van der Waals surface area (Å²) in [4.78, 5) is 11.9. The van der Waals surface area contributed by atoms with Gasteiger partial charge >= 0.3 is 0 Å². The van der Waals surface area contributed by atoms with Crippen LogP contribution in [0.5, 0.6) is 0 Å². The highest BCUT2D eigenvalue weighted by Gasteiger charge is 2.45. The van der Waals surface area contributed by atoms with Crippen molar-refractivity contribution in [2.24, 2.45) is 5.73 Å². The Morgan fingerprint density at radius 1 is 1.45 bits per heavy atom. The predicted octanol–water partition coefficient (Wildman–Crippen LogP) is 2.47. The fraction of sp³-hybridized carbons (Fsp3) is 0.429. The van der Waals surface area contributed by atoms with E-state index in [0.717, 1.165) is 29.4 Å². The number of carbonyl (C=O) groups excluding carboxylic acids is 1. The maximum Gasteiger partial charge on any atom is 0.244 e. The van der Waals surface area contributed by atoms with Crippen LogP contribution in [0.3, 0.4) is 0 Å². The lowest BCUT2D eigenvalue weighted by Crippen LogP contribution is -2.37. The Kier molecular flexibility index (Phi) is 3.75. The van der Waals surface area contributed by atoms with E-state index >= 15 is 0 Å². The summed E-state index contributed by atoms with van der Waals surface area (Å²) in [5.74, 6) is -0.0949. The number of halogens is 1. The molecule has 6 heteroatoms. The molecule has 0 unspecified atom stereocenters. The number of amides is 1. The topological polar surface area (TPSA) is 72.9 Å². The van der Waals surface area contributed by atoms with Gasteiger partial charge in [-0.05, 0) is 44.9 Å². The van der Waals surface area contributed by atoms with Gasteiger partial charge in [-0.2, -0.15) is 5.10 Å². The van der Waals surface area contributed by atoms with Crippen molar-refractivity contribution in [1.29, 1.82) is 0 Å².